The second-order valence-corrected chi connectivity index (χ2v) is 6.99. The second kappa shape index (κ2) is 7.11. The number of anilines is 1. The van der Waals surface area contributed by atoms with E-state index >= 15 is 0 Å². The average molecular weight is 350 g/mol. The number of hydrazone groups is 1. The van der Waals surface area contributed by atoms with E-state index in [0.29, 0.717) is 11.6 Å². The summed E-state index contributed by atoms with van der Waals surface area (Å²) in [5.74, 6) is 0.690. The molecule has 1 heterocycles. The van der Waals surface area contributed by atoms with Crippen LogP contribution in [-0.2, 0) is 0 Å². The van der Waals surface area contributed by atoms with Crippen LogP contribution in [0.15, 0.2) is 64.7 Å². The number of nitrogens with zero attached hydrogens (tertiary/aromatic N) is 2. The lowest BCUT2D eigenvalue weighted by atomic mass is 10.1. The van der Waals surface area contributed by atoms with Gasteiger partial charge in [0.15, 0.2) is 5.17 Å². The van der Waals surface area contributed by atoms with Crippen LogP contribution in [-0.4, -0.2) is 28.6 Å². The Labute approximate surface area is 150 Å². The van der Waals surface area contributed by atoms with Crippen molar-refractivity contribution in [2.75, 3.05) is 11.1 Å². The quantitative estimate of drug-likeness (QED) is 0.887. The van der Waals surface area contributed by atoms with Gasteiger partial charge >= 0.3 is 0 Å². The van der Waals surface area contributed by atoms with E-state index in [-0.39, 0.29) is 5.91 Å². The molecule has 1 saturated carbocycles. The Morgan fingerprint density at radius 3 is 2.52 bits per heavy atom. The maximum Gasteiger partial charge on any atom is 0.255 e. The van der Waals surface area contributed by atoms with Crippen molar-refractivity contribution in [2.45, 2.75) is 18.9 Å². The van der Waals surface area contributed by atoms with Gasteiger partial charge in [0.25, 0.3) is 5.91 Å². The number of carbonyl (C=O) groups excluding carboxylic acids is 1. The molecule has 0 atom stereocenters. The van der Waals surface area contributed by atoms with E-state index in [1.54, 1.807) is 23.9 Å². The van der Waals surface area contributed by atoms with Crippen molar-refractivity contribution in [3.63, 3.8) is 0 Å². The number of aliphatic imine (C=N–C) groups is 1. The van der Waals surface area contributed by atoms with Gasteiger partial charge in [-0.15, -0.1) is 0 Å². The van der Waals surface area contributed by atoms with Gasteiger partial charge in [0.2, 0.25) is 0 Å². The van der Waals surface area contributed by atoms with E-state index in [0.717, 1.165) is 27.9 Å². The first-order valence-electron chi connectivity index (χ1n) is 8.28. The van der Waals surface area contributed by atoms with E-state index < -0.39 is 0 Å². The third-order valence-electron chi connectivity index (χ3n) is 3.99. The molecule has 0 saturated heterocycles. The molecule has 1 aliphatic carbocycles. The first-order valence-corrected chi connectivity index (χ1v) is 9.26. The Bertz CT molecular complexity index is 826. The second-order valence-electron chi connectivity index (χ2n) is 6.02. The third kappa shape index (κ3) is 4.09. The molecule has 0 unspecified atom stereocenters. The summed E-state index contributed by atoms with van der Waals surface area (Å²) in [6.07, 6.45) is 2.39. The Kier molecular flexibility index (Phi) is 4.52. The molecule has 2 aliphatic rings. The Hall–Kier alpha value is -2.60. The molecule has 6 heteroatoms. The predicted octanol–water partition coefficient (Wildman–Crippen LogP) is 3.50. The molecule has 126 valence electrons. The molecule has 0 radical (unpaired) electrons. The number of benzene rings is 2. The lowest BCUT2D eigenvalue weighted by Gasteiger charge is -2.15. The normalized spacial score (nSPS) is 18.4. The molecule has 0 aromatic heterocycles. The molecular weight excluding hydrogens is 332 g/mol. The van der Waals surface area contributed by atoms with Gasteiger partial charge in [0.1, 0.15) is 0 Å². The molecule has 0 bridgehead atoms. The molecule has 1 fully saturated rings. The standard InChI is InChI=1S/C19H18N4OS/c24-18(14-4-2-1-3-5-14)20-15-8-6-13(7-9-15)17-12-25-19(23-22-17)21-16-10-11-16/h1-9,16H,10-12H2,(H,20,24)(H,21,23). The first kappa shape index (κ1) is 15.9. The number of rotatable bonds is 4. The summed E-state index contributed by atoms with van der Waals surface area (Å²) in [6.45, 7) is 0. The summed E-state index contributed by atoms with van der Waals surface area (Å²) in [5.41, 5.74) is 6.48. The van der Waals surface area contributed by atoms with Crippen LogP contribution in [0.4, 0.5) is 5.69 Å². The number of nitrogens with one attached hydrogen (secondary N) is 2. The van der Waals surface area contributed by atoms with Crippen molar-refractivity contribution in [1.82, 2.24) is 5.43 Å². The van der Waals surface area contributed by atoms with Crippen LogP contribution in [0.3, 0.4) is 0 Å². The largest absolute Gasteiger partial charge is 0.322 e. The van der Waals surface area contributed by atoms with E-state index in [1.165, 1.54) is 12.8 Å². The molecule has 4 rings (SSSR count). The van der Waals surface area contributed by atoms with Gasteiger partial charge in [-0.25, -0.2) is 0 Å². The first-order chi connectivity index (χ1) is 12.3. The zero-order valence-corrected chi connectivity index (χ0v) is 14.4. The van der Waals surface area contributed by atoms with E-state index in [2.05, 4.69) is 20.8 Å². The summed E-state index contributed by atoms with van der Waals surface area (Å²) in [4.78, 5) is 16.7. The Morgan fingerprint density at radius 2 is 1.88 bits per heavy atom. The van der Waals surface area contributed by atoms with Crippen molar-refractivity contribution < 1.29 is 4.79 Å². The zero-order chi connectivity index (χ0) is 17.1. The SMILES string of the molecule is O=C(Nc1ccc(C2=NNC(=NC3CC3)SC2)cc1)c1ccccc1. The van der Waals surface area contributed by atoms with Gasteiger partial charge in [-0.05, 0) is 42.7 Å². The minimum absolute atomic E-state index is 0.110. The van der Waals surface area contributed by atoms with Crippen molar-refractivity contribution in [3.8, 4) is 0 Å². The van der Waals surface area contributed by atoms with Crippen molar-refractivity contribution >= 4 is 34.2 Å². The number of hydrogen-bond donors (Lipinski definition) is 2. The zero-order valence-electron chi connectivity index (χ0n) is 13.6. The number of thioether (sulfide) groups is 1. The maximum atomic E-state index is 12.2. The van der Waals surface area contributed by atoms with Crippen LogP contribution in [0, 0.1) is 0 Å². The van der Waals surface area contributed by atoms with Gasteiger partial charge in [-0.3, -0.25) is 15.2 Å². The molecule has 1 aliphatic heterocycles. The minimum Gasteiger partial charge on any atom is -0.322 e. The fourth-order valence-corrected chi connectivity index (χ4v) is 3.28. The Balaban J connectivity index is 1.40. The van der Waals surface area contributed by atoms with E-state index in [1.807, 2.05) is 42.5 Å². The highest BCUT2D eigenvalue weighted by atomic mass is 32.2. The van der Waals surface area contributed by atoms with Crippen LogP contribution in [0.25, 0.3) is 0 Å². The molecular formula is C19H18N4OS. The van der Waals surface area contributed by atoms with Gasteiger partial charge in [0, 0.05) is 17.0 Å². The average Bonchev–Trinajstić information content (AvgIpc) is 3.48. The topological polar surface area (TPSA) is 65.8 Å². The number of hydrogen-bond acceptors (Lipinski definition) is 4. The third-order valence-corrected chi connectivity index (χ3v) is 4.88. The molecule has 2 aromatic carbocycles. The van der Waals surface area contributed by atoms with Gasteiger partial charge in [-0.2, -0.15) is 5.10 Å². The Morgan fingerprint density at radius 1 is 1.12 bits per heavy atom. The van der Waals surface area contributed by atoms with Gasteiger partial charge in [-0.1, -0.05) is 42.1 Å². The van der Waals surface area contributed by atoms with E-state index in [4.69, 9.17) is 0 Å². The van der Waals surface area contributed by atoms with Crippen LogP contribution in [0.1, 0.15) is 28.8 Å². The van der Waals surface area contributed by atoms with Crippen LogP contribution < -0.4 is 10.7 Å². The van der Waals surface area contributed by atoms with Crippen LogP contribution >= 0.6 is 11.8 Å². The summed E-state index contributed by atoms with van der Waals surface area (Å²) >= 11 is 1.68. The number of amidine groups is 1. The summed E-state index contributed by atoms with van der Waals surface area (Å²) in [5, 5.41) is 8.25. The van der Waals surface area contributed by atoms with Crippen LogP contribution in [0.5, 0.6) is 0 Å². The van der Waals surface area contributed by atoms with Gasteiger partial charge < -0.3 is 5.32 Å². The van der Waals surface area contributed by atoms with Crippen LogP contribution in [0.2, 0.25) is 0 Å². The highest BCUT2D eigenvalue weighted by molar-refractivity contribution is 8.14. The van der Waals surface area contributed by atoms with Crippen molar-refractivity contribution in [2.24, 2.45) is 10.1 Å². The smallest absolute Gasteiger partial charge is 0.255 e. The fourth-order valence-electron chi connectivity index (χ4n) is 2.44. The van der Waals surface area contributed by atoms with Gasteiger partial charge in [0.05, 0.1) is 11.8 Å². The number of carbonyl (C=O) groups is 1. The fraction of sp³-hybridized carbons (Fsp3) is 0.211. The number of amides is 1. The molecule has 2 aromatic rings. The molecule has 25 heavy (non-hydrogen) atoms. The molecule has 1 amide bonds. The lowest BCUT2D eigenvalue weighted by Crippen LogP contribution is -2.25. The van der Waals surface area contributed by atoms with Crippen molar-refractivity contribution in [3.05, 3.63) is 65.7 Å². The van der Waals surface area contributed by atoms with Crippen molar-refractivity contribution in [1.29, 1.82) is 0 Å². The van der Waals surface area contributed by atoms with E-state index in [9.17, 15) is 4.79 Å². The lowest BCUT2D eigenvalue weighted by molar-refractivity contribution is 0.102. The highest BCUT2D eigenvalue weighted by Gasteiger charge is 2.22. The summed E-state index contributed by atoms with van der Waals surface area (Å²) < 4.78 is 0. The minimum atomic E-state index is -0.110. The maximum absolute atomic E-state index is 12.2. The predicted molar refractivity (Wildman–Crippen MR) is 103 cm³/mol. The summed E-state index contributed by atoms with van der Waals surface area (Å²) in [7, 11) is 0. The highest BCUT2D eigenvalue weighted by Crippen LogP contribution is 2.25. The summed E-state index contributed by atoms with van der Waals surface area (Å²) in [6, 6.07) is 17.4. The molecule has 5 nitrogen and oxygen atoms in total. The molecule has 2 N–H and O–H groups in total. The monoisotopic (exact) mass is 350 g/mol. The molecule has 0 spiro atoms.